The molecule has 1 aliphatic rings. The number of para-hydroxylation sites is 1. The Balaban J connectivity index is 1.48. The van der Waals surface area contributed by atoms with Crippen molar-refractivity contribution in [3.05, 3.63) is 59.2 Å². The lowest BCUT2D eigenvalue weighted by Gasteiger charge is -2.16. The zero-order chi connectivity index (χ0) is 19.5. The minimum Gasteiger partial charge on any atom is -0.496 e. The number of carbonyl (C=O) groups excluding carboxylic acids is 1. The number of fused-ring (bicyclic) bond motifs is 1. The van der Waals surface area contributed by atoms with E-state index in [0.29, 0.717) is 10.9 Å². The predicted molar refractivity (Wildman–Crippen MR) is 111 cm³/mol. The molecular weight excluding hydrogens is 370 g/mol. The lowest BCUT2D eigenvalue weighted by Crippen LogP contribution is -2.08. The van der Waals surface area contributed by atoms with Crippen LogP contribution < -0.4 is 4.74 Å². The molecule has 1 aromatic heterocycles. The number of ether oxygens (including phenoxy) is 1. The van der Waals surface area contributed by atoms with Gasteiger partial charge in [-0.3, -0.25) is 4.79 Å². The molecule has 1 heterocycles. The maximum absolute atomic E-state index is 12.7. The Bertz CT molecular complexity index is 1010. The van der Waals surface area contributed by atoms with Gasteiger partial charge in [0.15, 0.2) is 16.8 Å². The van der Waals surface area contributed by atoms with E-state index in [1.165, 1.54) is 35.7 Å². The van der Waals surface area contributed by atoms with E-state index in [2.05, 4.69) is 22.3 Å². The molecule has 2 aromatic carbocycles. The topological polar surface area (TPSA) is 57.0 Å². The van der Waals surface area contributed by atoms with E-state index < -0.39 is 0 Å². The molecule has 0 aliphatic heterocycles. The maximum atomic E-state index is 12.7. The molecule has 1 aliphatic carbocycles. The fraction of sp³-hybridized carbons (Fsp3) is 0.318. The number of aromatic nitrogens is 3. The highest BCUT2D eigenvalue weighted by Crippen LogP contribution is 2.30. The van der Waals surface area contributed by atoms with Gasteiger partial charge < -0.3 is 9.30 Å². The second-order valence-electron chi connectivity index (χ2n) is 6.97. The van der Waals surface area contributed by atoms with Gasteiger partial charge in [-0.25, -0.2) is 0 Å². The van der Waals surface area contributed by atoms with E-state index in [9.17, 15) is 4.79 Å². The fourth-order valence-corrected chi connectivity index (χ4v) is 4.43. The van der Waals surface area contributed by atoms with Crippen molar-refractivity contribution < 1.29 is 9.53 Å². The number of benzene rings is 2. The van der Waals surface area contributed by atoms with Crippen LogP contribution in [0.5, 0.6) is 5.75 Å². The molecule has 3 aromatic rings. The van der Waals surface area contributed by atoms with E-state index >= 15 is 0 Å². The zero-order valence-corrected chi connectivity index (χ0v) is 17.0. The van der Waals surface area contributed by atoms with Gasteiger partial charge in [-0.15, -0.1) is 10.2 Å². The molecule has 144 valence electrons. The summed E-state index contributed by atoms with van der Waals surface area (Å²) in [6.45, 7) is 0. The average Bonchev–Trinajstić information content (AvgIpc) is 3.11. The van der Waals surface area contributed by atoms with Crippen molar-refractivity contribution >= 4 is 17.5 Å². The second-order valence-corrected chi connectivity index (χ2v) is 7.91. The van der Waals surface area contributed by atoms with Crippen LogP contribution in [0.15, 0.2) is 47.6 Å². The van der Waals surface area contributed by atoms with E-state index in [4.69, 9.17) is 4.74 Å². The third-order valence-corrected chi connectivity index (χ3v) is 6.21. The number of aryl methyl sites for hydroxylation is 2. The molecule has 5 nitrogen and oxygen atoms in total. The van der Waals surface area contributed by atoms with E-state index in [-0.39, 0.29) is 5.78 Å². The first kappa shape index (κ1) is 18.7. The number of carbonyl (C=O) groups is 1. The van der Waals surface area contributed by atoms with Gasteiger partial charge in [0.05, 0.1) is 18.4 Å². The van der Waals surface area contributed by atoms with E-state index in [1.54, 1.807) is 7.11 Å². The van der Waals surface area contributed by atoms with Crippen LogP contribution in [0.1, 0.15) is 34.3 Å². The molecule has 0 fully saturated rings. The molecule has 4 rings (SSSR count). The van der Waals surface area contributed by atoms with Gasteiger partial charge in [0.25, 0.3) is 0 Å². The summed E-state index contributed by atoms with van der Waals surface area (Å²) in [5.74, 6) is 1.94. The normalized spacial score (nSPS) is 13.2. The van der Waals surface area contributed by atoms with Gasteiger partial charge in [-0.1, -0.05) is 36.0 Å². The molecule has 0 N–H and O–H groups in total. The van der Waals surface area contributed by atoms with Gasteiger partial charge in [0, 0.05) is 12.6 Å². The third-order valence-electron chi connectivity index (χ3n) is 5.19. The SMILES string of the molecule is COc1ccccc1-c1nnc(SCC(=O)c2ccc3c(c2)CCCC3)n1C. The van der Waals surface area contributed by atoms with Crippen molar-refractivity contribution in [2.75, 3.05) is 12.9 Å². The first-order valence-electron chi connectivity index (χ1n) is 9.48. The highest BCUT2D eigenvalue weighted by Gasteiger charge is 2.17. The summed E-state index contributed by atoms with van der Waals surface area (Å²) in [5, 5.41) is 9.29. The smallest absolute Gasteiger partial charge is 0.191 e. The Kier molecular flexibility index (Phi) is 5.48. The van der Waals surface area contributed by atoms with Crippen molar-refractivity contribution in [3.63, 3.8) is 0 Å². The van der Waals surface area contributed by atoms with Gasteiger partial charge in [-0.2, -0.15) is 0 Å². The van der Waals surface area contributed by atoms with Gasteiger partial charge in [-0.05, 0) is 55.0 Å². The number of ketones is 1. The molecule has 6 heteroatoms. The highest BCUT2D eigenvalue weighted by molar-refractivity contribution is 7.99. The lowest BCUT2D eigenvalue weighted by molar-refractivity contribution is 0.102. The fourth-order valence-electron chi connectivity index (χ4n) is 3.62. The molecule has 0 amide bonds. The molecule has 28 heavy (non-hydrogen) atoms. The molecule has 0 saturated heterocycles. The largest absolute Gasteiger partial charge is 0.496 e. The Labute approximate surface area is 169 Å². The number of methoxy groups -OCH3 is 1. The summed E-state index contributed by atoms with van der Waals surface area (Å²) in [6.07, 6.45) is 4.67. The van der Waals surface area contributed by atoms with Crippen LogP contribution in [-0.2, 0) is 19.9 Å². The van der Waals surface area contributed by atoms with Gasteiger partial charge in [0.1, 0.15) is 5.75 Å². The van der Waals surface area contributed by atoms with Crippen molar-refractivity contribution in [1.29, 1.82) is 0 Å². The van der Waals surface area contributed by atoms with Crippen LogP contribution >= 0.6 is 11.8 Å². The Hall–Kier alpha value is -2.60. The third kappa shape index (κ3) is 3.69. The molecule has 0 unspecified atom stereocenters. The minimum absolute atomic E-state index is 0.125. The van der Waals surface area contributed by atoms with Crippen molar-refractivity contribution in [1.82, 2.24) is 14.8 Å². The predicted octanol–water partition coefficient (Wildman–Crippen LogP) is 4.34. The quantitative estimate of drug-likeness (QED) is 0.460. The zero-order valence-electron chi connectivity index (χ0n) is 16.1. The number of hydrogen-bond acceptors (Lipinski definition) is 5. The molecule has 0 atom stereocenters. The first-order valence-corrected chi connectivity index (χ1v) is 10.5. The Morgan fingerprint density at radius 3 is 2.71 bits per heavy atom. The van der Waals surface area contributed by atoms with E-state index in [1.807, 2.05) is 41.9 Å². The average molecular weight is 394 g/mol. The molecule has 0 bridgehead atoms. The standard InChI is InChI=1S/C22H23N3O2S/c1-25-21(18-9-5-6-10-20(18)27-2)23-24-22(25)28-14-19(26)17-12-11-15-7-3-4-8-16(15)13-17/h5-6,9-13H,3-4,7-8,14H2,1-2H3. The monoisotopic (exact) mass is 393 g/mol. The van der Waals surface area contributed by atoms with Gasteiger partial charge in [0.2, 0.25) is 0 Å². The summed E-state index contributed by atoms with van der Waals surface area (Å²) >= 11 is 1.42. The number of Topliss-reactive ketones (excluding diaryl/α,β-unsaturated/α-hetero) is 1. The number of thioether (sulfide) groups is 1. The minimum atomic E-state index is 0.125. The lowest BCUT2D eigenvalue weighted by atomic mass is 9.90. The number of rotatable bonds is 6. The van der Waals surface area contributed by atoms with E-state index in [0.717, 1.165) is 35.5 Å². The second kappa shape index (κ2) is 8.19. The summed E-state index contributed by atoms with van der Waals surface area (Å²) in [5.41, 5.74) is 4.40. The van der Waals surface area contributed by atoms with Gasteiger partial charge >= 0.3 is 0 Å². The Morgan fingerprint density at radius 1 is 1.11 bits per heavy atom. The van der Waals surface area contributed by atoms with Crippen LogP contribution in [0.4, 0.5) is 0 Å². The van der Waals surface area contributed by atoms with Crippen LogP contribution in [0.25, 0.3) is 11.4 Å². The Morgan fingerprint density at radius 2 is 1.89 bits per heavy atom. The van der Waals surface area contributed by atoms with Crippen LogP contribution in [-0.4, -0.2) is 33.4 Å². The van der Waals surface area contributed by atoms with Crippen molar-refractivity contribution in [3.8, 4) is 17.1 Å². The van der Waals surface area contributed by atoms with Crippen LogP contribution in [0.3, 0.4) is 0 Å². The summed E-state index contributed by atoms with van der Waals surface area (Å²) in [6, 6.07) is 13.9. The summed E-state index contributed by atoms with van der Waals surface area (Å²) < 4.78 is 7.33. The van der Waals surface area contributed by atoms with Crippen molar-refractivity contribution in [2.45, 2.75) is 30.8 Å². The maximum Gasteiger partial charge on any atom is 0.191 e. The number of hydrogen-bond donors (Lipinski definition) is 0. The molecule has 0 radical (unpaired) electrons. The van der Waals surface area contributed by atoms with Crippen LogP contribution in [0, 0.1) is 0 Å². The summed E-state index contributed by atoms with van der Waals surface area (Å²) in [7, 11) is 3.55. The number of nitrogens with zero attached hydrogens (tertiary/aromatic N) is 3. The molecule has 0 spiro atoms. The summed E-state index contributed by atoms with van der Waals surface area (Å²) in [4.78, 5) is 12.7. The van der Waals surface area contributed by atoms with Crippen molar-refractivity contribution in [2.24, 2.45) is 7.05 Å². The molecule has 0 saturated carbocycles. The van der Waals surface area contributed by atoms with Crippen LogP contribution in [0.2, 0.25) is 0 Å². The molecular formula is C22H23N3O2S. The highest BCUT2D eigenvalue weighted by atomic mass is 32.2. The first-order chi connectivity index (χ1) is 13.7.